The van der Waals surface area contributed by atoms with Crippen molar-refractivity contribution in [3.8, 4) is 5.75 Å². The molecule has 0 bridgehead atoms. The monoisotopic (exact) mass is 569 g/mol. The van der Waals surface area contributed by atoms with Gasteiger partial charge in [0.05, 0.1) is 19.1 Å². The quantitative estimate of drug-likeness (QED) is 0.425. The number of ether oxygens (including phenoxy) is 1. The molecular weight excluding hydrogens is 537 g/mol. The van der Waals surface area contributed by atoms with Gasteiger partial charge in [0.1, 0.15) is 18.3 Å². The van der Waals surface area contributed by atoms with Crippen LogP contribution in [0.25, 0.3) is 0 Å². The van der Waals surface area contributed by atoms with Gasteiger partial charge < -0.3 is 15.0 Å². The van der Waals surface area contributed by atoms with Crippen molar-refractivity contribution in [1.82, 2.24) is 10.2 Å². The predicted octanol–water partition coefficient (Wildman–Crippen LogP) is 4.63. The van der Waals surface area contributed by atoms with Crippen molar-refractivity contribution in [2.45, 2.75) is 57.7 Å². The van der Waals surface area contributed by atoms with Crippen LogP contribution in [0.1, 0.15) is 44.6 Å². The first-order valence-electron chi connectivity index (χ1n) is 12.2. The molecular formula is C26H33Cl2N3O5S. The molecule has 2 aromatic carbocycles. The topological polar surface area (TPSA) is 96.0 Å². The van der Waals surface area contributed by atoms with Gasteiger partial charge in [0.15, 0.2) is 0 Å². The molecule has 1 saturated carbocycles. The van der Waals surface area contributed by atoms with Crippen molar-refractivity contribution in [2.75, 3.05) is 24.2 Å². The number of nitrogens with one attached hydrogen (secondary N) is 1. The molecule has 2 amide bonds. The van der Waals surface area contributed by atoms with E-state index in [-0.39, 0.29) is 24.2 Å². The third-order valence-corrected chi connectivity index (χ3v) is 8.19. The lowest BCUT2D eigenvalue weighted by Gasteiger charge is -2.33. The van der Waals surface area contributed by atoms with Crippen LogP contribution >= 0.6 is 23.2 Å². The third kappa shape index (κ3) is 7.75. The normalized spacial score (nSPS) is 14.7. The van der Waals surface area contributed by atoms with E-state index in [1.165, 1.54) is 12.0 Å². The van der Waals surface area contributed by atoms with Crippen LogP contribution in [0, 0.1) is 0 Å². The Morgan fingerprint density at radius 3 is 2.43 bits per heavy atom. The zero-order chi connectivity index (χ0) is 27.2. The van der Waals surface area contributed by atoms with Gasteiger partial charge in [-0.25, -0.2) is 8.42 Å². The van der Waals surface area contributed by atoms with Crippen molar-refractivity contribution >= 4 is 50.7 Å². The van der Waals surface area contributed by atoms with Gasteiger partial charge in [-0.3, -0.25) is 13.9 Å². The number of hydrogen-bond acceptors (Lipinski definition) is 5. The van der Waals surface area contributed by atoms with Crippen LogP contribution in [0.5, 0.6) is 5.75 Å². The number of halogens is 2. The standard InChI is InChI=1S/C26H33Cl2N3O5S/c1-4-24(26(33)29-20-8-5-6-9-20)30(16-18-12-13-19(27)14-23(18)28)25(32)17-31(37(3,34)35)21-10-7-11-22(15-21)36-2/h7,10-15,20,24H,4-6,8-9,16-17H2,1-3H3,(H,29,33). The summed E-state index contributed by atoms with van der Waals surface area (Å²) in [5.41, 5.74) is 0.877. The highest BCUT2D eigenvalue weighted by Gasteiger charge is 2.33. The number of benzene rings is 2. The molecule has 1 N–H and O–H groups in total. The summed E-state index contributed by atoms with van der Waals surface area (Å²) in [7, 11) is -2.37. The van der Waals surface area contributed by atoms with Gasteiger partial charge in [-0.15, -0.1) is 0 Å². The molecule has 0 aromatic heterocycles. The molecule has 1 aliphatic rings. The van der Waals surface area contributed by atoms with E-state index in [9.17, 15) is 18.0 Å². The Kier molecular flexibility index (Phi) is 10.1. The maximum absolute atomic E-state index is 13.8. The minimum Gasteiger partial charge on any atom is -0.497 e. The Labute approximate surface area is 228 Å². The van der Waals surface area contributed by atoms with Crippen LogP contribution in [0.3, 0.4) is 0 Å². The van der Waals surface area contributed by atoms with Crippen molar-refractivity contribution in [1.29, 1.82) is 0 Å². The molecule has 2 aromatic rings. The Morgan fingerprint density at radius 2 is 1.84 bits per heavy atom. The maximum atomic E-state index is 13.8. The Bertz CT molecular complexity index is 1220. The predicted molar refractivity (Wildman–Crippen MR) is 147 cm³/mol. The van der Waals surface area contributed by atoms with E-state index in [2.05, 4.69) is 5.32 Å². The zero-order valence-electron chi connectivity index (χ0n) is 21.2. The number of carbonyl (C=O) groups is 2. The second-order valence-corrected chi connectivity index (χ2v) is 11.9. The molecule has 0 aliphatic heterocycles. The van der Waals surface area contributed by atoms with Crippen LogP contribution in [0.2, 0.25) is 10.0 Å². The van der Waals surface area contributed by atoms with E-state index in [1.807, 2.05) is 6.92 Å². The Balaban J connectivity index is 1.95. The molecule has 1 atom stereocenters. The average molecular weight is 571 g/mol. The molecule has 8 nitrogen and oxygen atoms in total. The lowest BCUT2D eigenvalue weighted by molar-refractivity contribution is -0.140. The third-order valence-electron chi connectivity index (χ3n) is 6.46. The molecule has 0 saturated heterocycles. The minimum absolute atomic E-state index is 0.0150. The number of sulfonamides is 1. The second kappa shape index (κ2) is 12.8. The van der Waals surface area contributed by atoms with Gasteiger partial charge in [0.2, 0.25) is 21.8 Å². The van der Waals surface area contributed by atoms with Gasteiger partial charge >= 0.3 is 0 Å². The Hall–Kier alpha value is -2.49. The Morgan fingerprint density at radius 1 is 1.14 bits per heavy atom. The highest BCUT2D eigenvalue weighted by molar-refractivity contribution is 7.92. The van der Waals surface area contributed by atoms with Gasteiger partial charge in [0, 0.05) is 28.7 Å². The first kappa shape index (κ1) is 29.1. The van der Waals surface area contributed by atoms with E-state index in [1.54, 1.807) is 42.5 Å². The summed E-state index contributed by atoms with van der Waals surface area (Å²) in [6.07, 6.45) is 5.27. The largest absolute Gasteiger partial charge is 0.497 e. The maximum Gasteiger partial charge on any atom is 0.244 e. The number of hydrogen-bond donors (Lipinski definition) is 1. The van der Waals surface area contributed by atoms with Crippen molar-refractivity contribution in [3.63, 3.8) is 0 Å². The molecule has 1 fully saturated rings. The lowest BCUT2D eigenvalue weighted by atomic mass is 10.1. The van der Waals surface area contributed by atoms with Gasteiger partial charge in [0.25, 0.3) is 0 Å². The van der Waals surface area contributed by atoms with E-state index >= 15 is 0 Å². The molecule has 37 heavy (non-hydrogen) atoms. The second-order valence-electron chi connectivity index (χ2n) is 9.14. The van der Waals surface area contributed by atoms with Crippen molar-refractivity contribution in [3.05, 3.63) is 58.1 Å². The first-order valence-corrected chi connectivity index (χ1v) is 14.8. The number of anilines is 1. The molecule has 0 heterocycles. The first-order chi connectivity index (χ1) is 17.5. The number of methoxy groups -OCH3 is 1. The minimum atomic E-state index is -3.84. The van der Waals surface area contributed by atoms with Gasteiger partial charge in [-0.2, -0.15) is 0 Å². The molecule has 3 rings (SSSR count). The lowest BCUT2D eigenvalue weighted by Crippen LogP contribution is -2.53. The molecule has 0 radical (unpaired) electrons. The summed E-state index contributed by atoms with van der Waals surface area (Å²) in [6, 6.07) is 10.6. The molecule has 1 unspecified atom stereocenters. The number of rotatable bonds is 11. The number of carbonyl (C=O) groups excluding carboxylic acids is 2. The summed E-state index contributed by atoms with van der Waals surface area (Å²) in [5, 5.41) is 3.86. The fourth-order valence-electron chi connectivity index (χ4n) is 4.50. The summed E-state index contributed by atoms with van der Waals surface area (Å²) in [6.45, 7) is 1.34. The highest BCUT2D eigenvalue weighted by Crippen LogP contribution is 2.26. The van der Waals surface area contributed by atoms with E-state index in [0.29, 0.717) is 27.8 Å². The van der Waals surface area contributed by atoms with Crippen LogP contribution in [-0.4, -0.2) is 57.1 Å². The average Bonchev–Trinajstić information content (AvgIpc) is 3.35. The summed E-state index contributed by atoms with van der Waals surface area (Å²) in [4.78, 5) is 28.5. The fraction of sp³-hybridized carbons (Fsp3) is 0.462. The SMILES string of the molecule is CCC(C(=O)NC1CCCC1)N(Cc1ccc(Cl)cc1Cl)C(=O)CN(c1cccc(OC)c1)S(C)(=O)=O. The molecule has 0 spiro atoms. The zero-order valence-corrected chi connectivity index (χ0v) is 23.6. The smallest absolute Gasteiger partial charge is 0.244 e. The molecule has 202 valence electrons. The van der Waals surface area contributed by atoms with Crippen molar-refractivity contribution < 1.29 is 22.7 Å². The summed E-state index contributed by atoms with van der Waals surface area (Å²) >= 11 is 12.5. The van der Waals surface area contributed by atoms with Crippen LogP contribution in [0.4, 0.5) is 5.69 Å². The summed E-state index contributed by atoms with van der Waals surface area (Å²) in [5.74, 6) is -0.349. The van der Waals surface area contributed by atoms with Crippen LogP contribution in [-0.2, 0) is 26.2 Å². The van der Waals surface area contributed by atoms with E-state index in [0.717, 1.165) is 36.2 Å². The van der Waals surface area contributed by atoms with Crippen LogP contribution in [0.15, 0.2) is 42.5 Å². The highest BCUT2D eigenvalue weighted by atomic mass is 35.5. The van der Waals surface area contributed by atoms with E-state index in [4.69, 9.17) is 27.9 Å². The van der Waals surface area contributed by atoms with E-state index < -0.39 is 28.5 Å². The van der Waals surface area contributed by atoms with Crippen molar-refractivity contribution in [2.24, 2.45) is 0 Å². The fourth-order valence-corrected chi connectivity index (χ4v) is 5.81. The number of nitrogens with zero attached hydrogens (tertiary/aromatic N) is 2. The number of amides is 2. The molecule has 11 heteroatoms. The summed E-state index contributed by atoms with van der Waals surface area (Å²) < 4.78 is 31.7. The van der Waals surface area contributed by atoms with Gasteiger partial charge in [-0.05, 0) is 49.1 Å². The molecule has 1 aliphatic carbocycles. The van der Waals surface area contributed by atoms with Gasteiger partial charge in [-0.1, -0.05) is 55.1 Å². The van der Waals surface area contributed by atoms with Crippen LogP contribution < -0.4 is 14.4 Å².